The monoisotopic (exact) mass is 259 g/mol. The lowest BCUT2D eigenvalue weighted by atomic mass is 10.2. The highest BCUT2D eigenvalue weighted by atomic mass is 32.2. The molecule has 0 radical (unpaired) electrons. The molecule has 98 valence electrons. The van der Waals surface area contributed by atoms with Crippen LogP contribution in [0.5, 0.6) is 0 Å². The Morgan fingerprint density at radius 3 is 2.76 bits per heavy atom. The zero-order valence-electron chi connectivity index (χ0n) is 10.3. The predicted molar refractivity (Wildman–Crippen MR) is 69.8 cm³/mol. The Labute approximate surface area is 106 Å². The van der Waals surface area contributed by atoms with Crippen molar-refractivity contribution in [3.05, 3.63) is 0 Å². The summed E-state index contributed by atoms with van der Waals surface area (Å²) >= 11 is 1.30. The predicted octanol–water partition coefficient (Wildman–Crippen LogP) is -0.195. The fourth-order valence-electron chi connectivity index (χ4n) is 1.98. The number of hydrogen-bond acceptors (Lipinski definition) is 4. The van der Waals surface area contributed by atoms with Gasteiger partial charge in [0.05, 0.1) is 11.5 Å². The lowest BCUT2D eigenvalue weighted by Gasteiger charge is -2.28. The van der Waals surface area contributed by atoms with E-state index in [-0.39, 0.29) is 17.6 Å². The highest BCUT2D eigenvalue weighted by Crippen LogP contribution is 2.12. The molecular weight excluding hydrogens is 238 g/mol. The van der Waals surface area contributed by atoms with Gasteiger partial charge in [0, 0.05) is 19.1 Å². The first-order valence-corrected chi connectivity index (χ1v) is 7.16. The lowest BCUT2D eigenvalue weighted by molar-refractivity contribution is -0.130. The highest BCUT2D eigenvalue weighted by molar-refractivity contribution is 8.00. The molecule has 0 spiro atoms. The molecule has 2 amide bonds. The third-order valence-electron chi connectivity index (χ3n) is 2.73. The van der Waals surface area contributed by atoms with Gasteiger partial charge >= 0.3 is 0 Å². The minimum absolute atomic E-state index is 0.117. The van der Waals surface area contributed by atoms with Crippen LogP contribution < -0.4 is 11.1 Å². The largest absolute Gasteiger partial charge is 0.369 e. The van der Waals surface area contributed by atoms with E-state index in [1.807, 2.05) is 4.90 Å². The van der Waals surface area contributed by atoms with Crippen molar-refractivity contribution in [1.82, 2.24) is 10.2 Å². The maximum atomic E-state index is 12.0. The quantitative estimate of drug-likeness (QED) is 0.664. The average molecular weight is 259 g/mol. The summed E-state index contributed by atoms with van der Waals surface area (Å²) in [7, 11) is 0. The van der Waals surface area contributed by atoms with Crippen molar-refractivity contribution in [1.29, 1.82) is 0 Å². The number of carbonyl (C=O) groups excluding carboxylic acids is 2. The molecule has 0 aromatic rings. The van der Waals surface area contributed by atoms with Crippen LogP contribution in [0.2, 0.25) is 0 Å². The maximum Gasteiger partial charge on any atom is 0.232 e. The van der Waals surface area contributed by atoms with E-state index in [0.29, 0.717) is 11.8 Å². The summed E-state index contributed by atoms with van der Waals surface area (Å²) < 4.78 is 0. The normalized spacial score (nSPS) is 19.2. The van der Waals surface area contributed by atoms with Crippen LogP contribution in [0.3, 0.4) is 0 Å². The van der Waals surface area contributed by atoms with Crippen LogP contribution in [0.25, 0.3) is 0 Å². The van der Waals surface area contributed by atoms with Crippen LogP contribution >= 0.6 is 11.8 Å². The van der Waals surface area contributed by atoms with E-state index >= 15 is 0 Å². The summed E-state index contributed by atoms with van der Waals surface area (Å²) in [6.45, 7) is 4.72. The highest BCUT2D eigenvalue weighted by Gasteiger charge is 2.25. The molecule has 6 heteroatoms. The van der Waals surface area contributed by atoms with Crippen molar-refractivity contribution in [3.8, 4) is 0 Å². The van der Waals surface area contributed by atoms with Crippen LogP contribution in [-0.2, 0) is 9.59 Å². The number of hydrogen-bond donors (Lipinski definition) is 2. The fourth-order valence-corrected chi connectivity index (χ4v) is 2.62. The molecule has 1 unspecified atom stereocenters. The minimum Gasteiger partial charge on any atom is -0.369 e. The van der Waals surface area contributed by atoms with Gasteiger partial charge in [-0.25, -0.2) is 0 Å². The molecule has 1 saturated heterocycles. The Morgan fingerprint density at radius 2 is 2.24 bits per heavy atom. The van der Waals surface area contributed by atoms with Crippen LogP contribution in [0.15, 0.2) is 0 Å². The molecule has 1 atom stereocenters. The number of thioether (sulfide) groups is 1. The first-order valence-electron chi connectivity index (χ1n) is 6.01. The van der Waals surface area contributed by atoms with Gasteiger partial charge in [-0.1, -0.05) is 6.92 Å². The van der Waals surface area contributed by atoms with E-state index < -0.39 is 0 Å². The van der Waals surface area contributed by atoms with E-state index in [0.717, 1.165) is 32.5 Å². The van der Waals surface area contributed by atoms with Gasteiger partial charge in [0.1, 0.15) is 0 Å². The van der Waals surface area contributed by atoms with Crippen molar-refractivity contribution < 1.29 is 9.59 Å². The van der Waals surface area contributed by atoms with E-state index in [1.54, 1.807) is 0 Å². The topological polar surface area (TPSA) is 75.4 Å². The number of nitrogens with zero attached hydrogens (tertiary/aromatic N) is 1. The molecule has 0 aromatic carbocycles. The molecule has 17 heavy (non-hydrogen) atoms. The Morgan fingerprint density at radius 1 is 1.47 bits per heavy atom. The van der Waals surface area contributed by atoms with Crippen molar-refractivity contribution in [3.63, 3.8) is 0 Å². The van der Waals surface area contributed by atoms with Crippen molar-refractivity contribution in [2.45, 2.75) is 25.8 Å². The number of primary amides is 1. The molecule has 5 nitrogen and oxygen atoms in total. The third-order valence-corrected chi connectivity index (χ3v) is 3.67. The summed E-state index contributed by atoms with van der Waals surface area (Å²) in [5.41, 5.74) is 5.04. The van der Waals surface area contributed by atoms with Gasteiger partial charge in [-0.2, -0.15) is 0 Å². The zero-order chi connectivity index (χ0) is 12.7. The maximum absolute atomic E-state index is 12.0. The summed E-state index contributed by atoms with van der Waals surface area (Å²) in [5, 5.41) is 3.27. The molecule has 0 bridgehead atoms. The van der Waals surface area contributed by atoms with E-state index in [9.17, 15) is 9.59 Å². The number of amides is 2. The minimum atomic E-state index is -0.368. The second kappa shape index (κ2) is 7.55. The molecule has 1 fully saturated rings. The fraction of sp³-hybridized carbons (Fsp3) is 0.818. The number of carbonyl (C=O) groups is 2. The summed E-state index contributed by atoms with van der Waals surface area (Å²) in [4.78, 5) is 24.6. The van der Waals surface area contributed by atoms with E-state index in [2.05, 4.69) is 12.2 Å². The van der Waals surface area contributed by atoms with Gasteiger partial charge in [-0.05, 0) is 19.4 Å². The Balaban J connectivity index is 2.39. The van der Waals surface area contributed by atoms with Gasteiger partial charge in [0.15, 0.2) is 0 Å². The molecule has 0 aliphatic carbocycles. The molecular formula is C11H21N3O2S. The molecule has 1 aliphatic heterocycles. The van der Waals surface area contributed by atoms with Crippen molar-refractivity contribution >= 4 is 23.6 Å². The standard InChI is InChI=1S/C11H21N3O2S/c1-2-5-14(9-3-4-13-6-9)11(16)8-17-7-10(12)15/h9,13H,2-8H2,1H3,(H2,12,15). The van der Waals surface area contributed by atoms with Crippen molar-refractivity contribution in [2.75, 3.05) is 31.1 Å². The second-order valence-electron chi connectivity index (χ2n) is 4.19. The Kier molecular flexibility index (Phi) is 6.36. The first-order chi connectivity index (χ1) is 8.15. The summed E-state index contributed by atoms with van der Waals surface area (Å²) in [5.74, 6) is 0.313. The smallest absolute Gasteiger partial charge is 0.232 e. The molecule has 1 aliphatic rings. The lowest BCUT2D eigenvalue weighted by Crippen LogP contribution is -2.43. The van der Waals surface area contributed by atoms with Crippen LogP contribution in [-0.4, -0.2) is 53.9 Å². The second-order valence-corrected chi connectivity index (χ2v) is 5.18. The van der Waals surface area contributed by atoms with Crippen molar-refractivity contribution in [2.24, 2.45) is 5.73 Å². The Bertz CT molecular complexity index is 267. The van der Waals surface area contributed by atoms with E-state index in [4.69, 9.17) is 5.73 Å². The van der Waals surface area contributed by atoms with Crippen LogP contribution in [0, 0.1) is 0 Å². The van der Waals surface area contributed by atoms with E-state index in [1.165, 1.54) is 11.8 Å². The van der Waals surface area contributed by atoms with Crippen LogP contribution in [0.1, 0.15) is 19.8 Å². The molecule has 0 aromatic heterocycles. The van der Waals surface area contributed by atoms with Gasteiger partial charge in [-0.3, -0.25) is 9.59 Å². The SMILES string of the molecule is CCCN(C(=O)CSCC(N)=O)C1CCNC1. The first kappa shape index (κ1) is 14.3. The number of nitrogens with one attached hydrogen (secondary N) is 1. The summed E-state index contributed by atoms with van der Waals surface area (Å²) in [6, 6.07) is 0.316. The molecule has 3 N–H and O–H groups in total. The van der Waals surface area contributed by atoms with Gasteiger partial charge in [0.2, 0.25) is 11.8 Å². The molecule has 1 rings (SSSR count). The zero-order valence-corrected chi connectivity index (χ0v) is 11.1. The van der Waals surface area contributed by atoms with Crippen LogP contribution in [0.4, 0.5) is 0 Å². The third kappa shape index (κ3) is 4.95. The molecule has 1 heterocycles. The van der Waals surface area contributed by atoms with Gasteiger partial charge in [0.25, 0.3) is 0 Å². The molecule has 0 saturated carbocycles. The average Bonchev–Trinajstić information content (AvgIpc) is 2.78. The summed E-state index contributed by atoms with van der Waals surface area (Å²) in [6.07, 6.45) is 1.98. The number of rotatable bonds is 7. The van der Waals surface area contributed by atoms with Gasteiger partial charge < -0.3 is 16.0 Å². The Hall–Kier alpha value is -0.750. The van der Waals surface area contributed by atoms with Gasteiger partial charge in [-0.15, -0.1) is 11.8 Å². The number of nitrogens with two attached hydrogens (primary N) is 1.